The second kappa shape index (κ2) is 5.41. The first kappa shape index (κ1) is 10.7. The highest BCUT2D eigenvalue weighted by Crippen LogP contribution is 2.08. The van der Waals surface area contributed by atoms with Gasteiger partial charge in [-0.25, -0.2) is 4.39 Å². The van der Waals surface area contributed by atoms with Crippen LogP contribution in [0.3, 0.4) is 0 Å². The van der Waals surface area contributed by atoms with Gasteiger partial charge in [-0.2, -0.15) is 0 Å². The molecular weight excluding hydrogens is 177 g/mol. The SMILES string of the molecule is Cc1cc(F)ccc1C#CCCCN. The van der Waals surface area contributed by atoms with Gasteiger partial charge in [-0.05, 0) is 43.7 Å². The Kier molecular flexibility index (Phi) is 4.15. The van der Waals surface area contributed by atoms with Crippen molar-refractivity contribution in [1.82, 2.24) is 0 Å². The Morgan fingerprint density at radius 1 is 1.43 bits per heavy atom. The summed E-state index contributed by atoms with van der Waals surface area (Å²) in [6, 6.07) is 4.63. The van der Waals surface area contributed by atoms with Crippen molar-refractivity contribution in [3.05, 3.63) is 35.1 Å². The lowest BCUT2D eigenvalue weighted by Crippen LogP contribution is -1.96. The van der Waals surface area contributed by atoms with Crippen LogP contribution in [-0.2, 0) is 0 Å². The van der Waals surface area contributed by atoms with E-state index in [0.29, 0.717) is 6.54 Å². The van der Waals surface area contributed by atoms with Crippen LogP contribution in [-0.4, -0.2) is 6.54 Å². The average molecular weight is 191 g/mol. The molecule has 0 aliphatic heterocycles. The molecule has 1 nitrogen and oxygen atoms in total. The minimum absolute atomic E-state index is 0.213. The van der Waals surface area contributed by atoms with Crippen LogP contribution in [0.25, 0.3) is 0 Å². The predicted molar refractivity (Wildman–Crippen MR) is 56.3 cm³/mol. The van der Waals surface area contributed by atoms with E-state index in [-0.39, 0.29) is 5.82 Å². The van der Waals surface area contributed by atoms with Gasteiger partial charge in [-0.3, -0.25) is 0 Å². The fourth-order valence-corrected chi connectivity index (χ4v) is 1.12. The van der Waals surface area contributed by atoms with Crippen LogP contribution in [0, 0.1) is 24.6 Å². The molecule has 1 aromatic rings. The zero-order valence-corrected chi connectivity index (χ0v) is 8.31. The topological polar surface area (TPSA) is 26.0 Å². The summed E-state index contributed by atoms with van der Waals surface area (Å²) < 4.78 is 12.7. The molecule has 0 aromatic heterocycles. The van der Waals surface area contributed by atoms with E-state index in [1.165, 1.54) is 12.1 Å². The Hall–Kier alpha value is -1.33. The van der Waals surface area contributed by atoms with E-state index in [2.05, 4.69) is 11.8 Å². The molecular formula is C12H14FN. The van der Waals surface area contributed by atoms with Gasteiger partial charge in [0.15, 0.2) is 0 Å². The molecule has 0 amide bonds. The van der Waals surface area contributed by atoms with Crippen molar-refractivity contribution in [1.29, 1.82) is 0 Å². The first-order valence-corrected chi connectivity index (χ1v) is 4.69. The van der Waals surface area contributed by atoms with Gasteiger partial charge in [0.1, 0.15) is 5.82 Å². The fourth-order valence-electron chi connectivity index (χ4n) is 1.12. The third-order valence-corrected chi connectivity index (χ3v) is 1.92. The lowest BCUT2D eigenvalue weighted by atomic mass is 10.1. The average Bonchev–Trinajstić information content (AvgIpc) is 2.15. The van der Waals surface area contributed by atoms with Crippen LogP contribution in [0.2, 0.25) is 0 Å². The molecule has 0 unspecified atom stereocenters. The lowest BCUT2D eigenvalue weighted by molar-refractivity contribution is 0.626. The minimum Gasteiger partial charge on any atom is -0.330 e. The molecule has 0 aliphatic carbocycles. The highest BCUT2D eigenvalue weighted by molar-refractivity contribution is 5.40. The molecule has 1 aromatic carbocycles. The van der Waals surface area contributed by atoms with Crippen LogP contribution in [0.1, 0.15) is 24.0 Å². The van der Waals surface area contributed by atoms with Crippen molar-refractivity contribution >= 4 is 0 Å². The summed E-state index contributed by atoms with van der Waals surface area (Å²) in [5, 5.41) is 0. The normalized spacial score (nSPS) is 9.36. The molecule has 0 saturated carbocycles. The first-order valence-electron chi connectivity index (χ1n) is 4.69. The summed E-state index contributed by atoms with van der Waals surface area (Å²) >= 11 is 0. The summed E-state index contributed by atoms with van der Waals surface area (Å²) in [4.78, 5) is 0. The fraction of sp³-hybridized carbons (Fsp3) is 0.333. The van der Waals surface area contributed by atoms with Gasteiger partial charge >= 0.3 is 0 Å². The van der Waals surface area contributed by atoms with Gasteiger partial charge in [0, 0.05) is 12.0 Å². The molecule has 0 bridgehead atoms. The van der Waals surface area contributed by atoms with E-state index in [1.807, 2.05) is 6.92 Å². The van der Waals surface area contributed by atoms with E-state index < -0.39 is 0 Å². The monoisotopic (exact) mass is 191 g/mol. The van der Waals surface area contributed by atoms with Gasteiger partial charge in [-0.1, -0.05) is 11.8 Å². The number of rotatable bonds is 2. The molecule has 74 valence electrons. The van der Waals surface area contributed by atoms with E-state index in [0.717, 1.165) is 24.0 Å². The molecule has 0 saturated heterocycles. The molecule has 0 aliphatic rings. The van der Waals surface area contributed by atoms with E-state index >= 15 is 0 Å². The zero-order chi connectivity index (χ0) is 10.4. The second-order valence-corrected chi connectivity index (χ2v) is 3.15. The largest absolute Gasteiger partial charge is 0.330 e. The number of aryl methyl sites for hydroxylation is 1. The molecule has 0 radical (unpaired) electrons. The Bertz CT molecular complexity index is 360. The van der Waals surface area contributed by atoms with Crippen LogP contribution < -0.4 is 5.73 Å². The Labute approximate surface area is 84.1 Å². The van der Waals surface area contributed by atoms with Crippen LogP contribution >= 0.6 is 0 Å². The van der Waals surface area contributed by atoms with Gasteiger partial charge in [-0.15, -0.1) is 0 Å². The van der Waals surface area contributed by atoms with Gasteiger partial charge in [0.25, 0.3) is 0 Å². The maximum absolute atomic E-state index is 12.7. The lowest BCUT2D eigenvalue weighted by Gasteiger charge is -1.96. The van der Waals surface area contributed by atoms with Crippen molar-refractivity contribution in [3.63, 3.8) is 0 Å². The van der Waals surface area contributed by atoms with Crippen molar-refractivity contribution < 1.29 is 4.39 Å². The summed E-state index contributed by atoms with van der Waals surface area (Å²) in [6.45, 7) is 2.52. The molecule has 0 fully saturated rings. The van der Waals surface area contributed by atoms with Crippen LogP contribution in [0.15, 0.2) is 18.2 Å². The van der Waals surface area contributed by atoms with Crippen molar-refractivity contribution in [2.45, 2.75) is 19.8 Å². The summed E-state index contributed by atoms with van der Waals surface area (Å²) in [6.07, 6.45) is 1.71. The molecule has 0 heterocycles. The molecule has 2 heteroatoms. The Morgan fingerprint density at radius 3 is 2.86 bits per heavy atom. The molecule has 14 heavy (non-hydrogen) atoms. The van der Waals surface area contributed by atoms with Gasteiger partial charge in [0.05, 0.1) is 0 Å². The second-order valence-electron chi connectivity index (χ2n) is 3.15. The van der Waals surface area contributed by atoms with Gasteiger partial charge < -0.3 is 5.73 Å². The third-order valence-electron chi connectivity index (χ3n) is 1.92. The van der Waals surface area contributed by atoms with Crippen LogP contribution in [0.5, 0.6) is 0 Å². The highest BCUT2D eigenvalue weighted by atomic mass is 19.1. The minimum atomic E-state index is -0.213. The van der Waals surface area contributed by atoms with E-state index in [9.17, 15) is 4.39 Å². The number of nitrogens with two attached hydrogens (primary N) is 1. The summed E-state index contributed by atoms with van der Waals surface area (Å²) in [5.74, 6) is 5.80. The maximum atomic E-state index is 12.7. The number of halogens is 1. The Morgan fingerprint density at radius 2 is 2.21 bits per heavy atom. The van der Waals surface area contributed by atoms with Crippen molar-refractivity contribution in [3.8, 4) is 11.8 Å². The molecule has 1 rings (SSSR count). The quantitative estimate of drug-likeness (QED) is 0.563. The molecule has 0 spiro atoms. The summed E-state index contributed by atoms with van der Waals surface area (Å²) in [7, 11) is 0. The number of benzene rings is 1. The molecule has 2 N–H and O–H groups in total. The predicted octanol–water partition coefficient (Wildman–Crippen LogP) is 2.22. The number of hydrogen-bond donors (Lipinski definition) is 1. The number of unbranched alkanes of at least 4 members (excludes halogenated alkanes) is 1. The van der Waals surface area contributed by atoms with E-state index in [4.69, 9.17) is 5.73 Å². The highest BCUT2D eigenvalue weighted by Gasteiger charge is 1.95. The first-order chi connectivity index (χ1) is 6.74. The van der Waals surface area contributed by atoms with Crippen molar-refractivity contribution in [2.75, 3.05) is 6.54 Å². The summed E-state index contributed by atoms with van der Waals surface area (Å²) in [5.41, 5.74) is 7.11. The smallest absolute Gasteiger partial charge is 0.123 e. The third kappa shape index (κ3) is 3.20. The van der Waals surface area contributed by atoms with Gasteiger partial charge in [0.2, 0.25) is 0 Å². The molecule has 0 atom stereocenters. The van der Waals surface area contributed by atoms with E-state index in [1.54, 1.807) is 6.07 Å². The van der Waals surface area contributed by atoms with Crippen molar-refractivity contribution in [2.24, 2.45) is 5.73 Å². The zero-order valence-electron chi connectivity index (χ0n) is 8.31. The standard InChI is InChI=1S/C12H14FN/c1-10-9-12(13)7-6-11(10)5-3-2-4-8-14/h6-7,9H,2,4,8,14H2,1H3. The maximum Gasteiger partial charge on any atom is 0.123 e. The Balaban J connectivity index is 2.70. The number of hydrogen-bond acceptors (Lipinski definition) is 1. The van der Waals surface area contributed by atoms with Crippen LogP contribution in [0.4, 0.5) is 4.39 Å².